The molecule has 120 valence electrons. The largest absolute Gasteiger partial charge is 0.464 e. The Hall–Kier alpha value is -1.06. The molecule has 1 aliphatic carbocycles. The van der Waals surface area contributed by atoms with Gasteiger partial charge in [0, 0.05) is 5.92 Å². The maximum absolute atomic E-state index is 12.7. The Kier molecular flexibility index (Phi) is 5.65. The van der Waals surface area contributed by atoms with Crippen molar-refractivity contribution in [2.24, 2.45) is 23.7 Å². The second-order valence-electron chi connectivity index (χ2n) is 7.16. The smallest absolute Gasteiger partial charge is 0.328 e. The Morgan fingerprint density at radius 1 is 1.24 bits per heavy atom. The molecule has 0 radical (unpaired) electrons. The number of rotatable bonds is 3. The van der Waals surface area contributed by atoms with Crippen molar-refractivity contribution in [3.63, 3.8) is 0 Å². The highest BCUT2D eigenvalue weighted by Gasteiger charge is 2.37. The molecule has 4 heteroatoms. The van der Waals surface area contributed by atoms with Crippen LogP contribution in [0.15, 0.2) is 0 Å². The minimum absolute atomic E-state index is 0.0461. The van der Waals surface area contributed by atoms with Crippen LogP contribution < -0.4 is 5.32 Å². The van der Waals surface area contributed by atoms with Crippen molar-refractivity contribution in [2.75, 3.05) is 6.61 Å². The highest BCUT2D eigenvalue weighted by molar-refractivity contribution is 5.86. The van der Waals surface area contributed by atoms with Crippen LogP contribution in [0.25, 0.3) is 0 Å². The molecule has 4 nitrogen and oxygen atoms in total. The van der Waals surface area contributed by atoms with Gasteiger partial charge < -0.3 is 10.1 Å². The first-order valence-corrected chi connectivity index (χ1v) is 8.46. The van der Waals surface area contributed by atoms with Gasteiger partial charge in [-0.3, -0.25) is 4.79 Å². The molecule has 2 aliphatic rings. The van der Waals surface area contributed by atoms with Crippen LogP contribution in [-0.2, 0) is 14.3 Å². The van der Waals surface area contributed by atoms with Gasteiger partial charge in [-0.05, 0) is 49.9 Å². The van der Waals surface area contributed by atoms with Crippen molar-refractivity contribution in [3.8, 4) is 0 Å². The molecule has 0 unspecified atom stereocenters. The quantitative estimate of drug-likeness (QED) is 0.815. The normalized spacial score (nSPS) is 34.2. The first kappa shape index (κ1) is 16.3. The van der Waals surface area contributed by atoms with E-state index in [-0.39, 0.29) is 17.8 Å². The van der Waals surface area contributed by atoms with Crippen LogP contribution >= 0.6 is 0 Å². The summed E-state index contributed by atoms with van der Waals surface area (Å²) >= 11 is 0. The molecule has 0 aromatic heterocycles. The Balaban J connectivity index is 2.00. The molecule has 1 N–H and O–H groups in total. The summed E-state index contributed by atoms with van der Waals surface area (Å²) in [6.07, 6.45) is 5.80. The summed E-state index contributed by atoms with van der Waals surface area (Å²) in [6.45, 7) is 7.10. The summed E-state index contributed by atoms with van der Waals surface area (Å²) in [6, 6.07) is -0.440. The predicted molar refractivity (Wildman–Crippen MR) is 81.6 cm³/mol. The Morgan fingerprint density at radius 2 is 2.00 bits per heavy atom. The lowest BCUT2D eigenvalue weighted by molar-refractivity contribution is -0.148. The lowest BCUT2D eigenvalue weighted by atomic mass is 9.69. The fourth-order valence-corrected chi connectivity index (χ4v) is 3.76. The fourth-order valence-electron chi connectivity index (χ4n) is 3.76. The Labute approximate surface area is 128 Å². The van der Waals surface area contributed by atoms with E-state index in [4.69, 9.17) is 4.74 Å². The molecule has 1 aliphatic heterocycles. The van der Waals surface area contributed by atoms with E-state index in [1.54, 1.807) is 0 Å². The molecule has 2 rings (SSSR count). The number of hydrogen-bond acceptors (Lipinski definition) is 3. The van der Waals surface area contributed by atoms with Gasteiger partial charge in [-0.2, -0.15) is 0 Å². The summed E-state index contributed by atoms with van der Waals surface area (Å²) < 4.78 is 5.15. The molecule has 1 amide bonds. The minimum atomic E-state index is -0.440. The summed E-state index contributed by atoms with van der Waals surface area (Å²) in [5.74, 6) is 1.38. The van der Waals surface area contributed by atoms with Crippen LogP contribution in [0.2, 0.25) is 0 Å². The van der Waals surface area contributed by atoms with Crippen molar-refractivity contribution in [1.29, 1.82) is 0 Å². The number of amides is 1. The van der Waals surface area contributed by atoms with Gasteiger partial charge in [-0.15, -0.1) is 0 Å². The second kappa shape index (κ2) is 7.28. The van der Waals surface area contributed by atoms with Gasteiger partial charge >= 0.3 is 5.97 Å². The van der Waals surface area contributed by atoms with Gasteiger partial charge in [0.1, 0.15) is 6.04 Å². The maximum atomic E-state index is 12.7. The van der Waals surface area contributed by atoms with Crippen LogP contribution in [0.5, 0.6) is 0 Å². The number of ether oxygens (including phenoxy) is 1. The number of nitrogens with one attached hydrogen (secondary N) is 1. The molecular formula is C17H29NO3. The molecular weight excluding hydrogens is 266 g/mol. The predicted octanol–water partition coefficient (Wildman–Crippen LogP) is 2.91. The molecule has 21 heavy (non-hydrogen) atoms. The van der Waals surface area contributed by atoms with Crippen molar-refractivity contribution < 1.29 is 14.3 Å². The molecule has 0 aromatic carbocycles. The van der Waals surface area contributed by atoms with Gasteiger partial charge in [0.2, 0.25) is 5.91 Å². The van der Waals surface area contributed by atoms with E-state index in [2.05, 4.69) is 26.1 Å². The molecule has 1 saturated carbocycles. The molecule has 0 spiro atoms. The van der Waals surface area contributed by atoms with Gasteiger partial charge in [-0.25, -0.2) is 4.79 Å². The maximum Gasteiger partial charge on any atom is 0.328 e. The average Bonchev–Trinajstić information content (AvgIpc) is 2.63. The minimum Gasteiger partial charge on any atom is -0.464 e. The Morgan fingerprint density at radius 3 is 2.71 bits per heavy atom. The van der Waals surface area contributed by atoms with Gasteiger partial charge in [0.15, 0.2) is 0 Å². The zero-order chi connectivity index (χ0) is 15.4. The Bertz CT molecular complexity index is 380. The standard InChI is InChI=1S/C17H29NO3/c1-11(2)13-8-7-12(3)10-14(13)16(19)18-15-6-4-5-9-21-17(15)20/h11-15H,4-10H2,1-3H3,(H,18,19)/t12-,13+,14-,15-/m1/s1. The monoisotopic (exact) mass is 295 g/mol. The number of hydrogen-bond donors (Lipinski definition) is 1. The van der Waals surface area contributed by atoms with Gasteiger partial charge in [0.05, 0.1) is 6.61 Å². The number of esters is 1. The van der Waals surface area contributed by atoms with Crippen LogP contribution in [0.1, 0.15) is 59.3 Å². The van der Waals surface area contributed by atoms with E-state index in [1.165, 1.54) is 6.42 Å². The van der Waals surface area contributed by atoms with E-state index < -0.39 is 6.04 Å². The fraction of sp³-hybridized carbons (Fsp3) is 0.882. The summed E-state index contributed by atoms with van der Waals surface area (Å²) in [5, 5.41) is 2.97. The van der Waals surface area contributed by atoms with E-state index in [0.29, 0.717) is 30.8 Å². The van der Waals surface area contributed by atoms with Gasteiger partial charge in [-0.1, -0.05) is 27.2 Å². The van der Waals surface area contributed by atoms with E-state index >= 15 is 0 Å². The summed E-state index contributed by atoms with van der Waals surface area (Å²) in [5.41, 5.74) is 0. The lowest BCUT2D eigenvalue weighted by Crippen LogP contribution is -2.47. The third-order valence-electron chi connectivity index (χ3n) is 5.09. The lowest BCUT2D eigenvalue weighted by Gasteiger charge is -2.36. The van der Waals surface area contributed by atoms with E-state index in [0.717, 1.165) is 25.7 Å². The second-order valence-corrected chi connectivity index (χ2v) is 7.16. The third-order valence-corrected chi connectivity index (χ3v) is 5.09. The zero-order valence-corrected chi connectivity index (χ0v) is 13.6. The molecule has 0 aromatic rings. The zero-order valence-electron chi connectivity index (χ0n) is 13.6. The summed E-state index contributed by atoms with van der Waals surface area (Å²) in [4.78, 5) is 24.5. The van der Waals surface area contributed by atoms with Crippen molar-refractivity contribution in [3.05, 3.63) is 0 Å². The van der Waals surface area contributed by atoms with E-state index in [1.807, 2.05) is 0 Å². The van der Waals surface area contributed by atoms with Gasteiger partial charge in [0.25, 0.3) is 0 Å². The highest BCUT2D eigenvalue weighted by Crippen LogP contribution is 2.38. The van der Waals surface area contributed by atoms with Crippen molar-refractivity contribution in [1.82, 2.24) is 5.32 Å². The van der Waals surface area contributed by atoms with Crippen molar-refractivity contribution >= 4 is 11.9 Å². The first-order valence-electron chi connectivity index (χ1n) is 8.46. The average molecular weight is 295 g/mol. The van der Waals surface area contributed by atoms with Crippen LogP contribution in [0, 0.1) is 23.7 Å². The molecule has 2 fully saturated rings. The number of carbonyl (C=O) groups is 2. The topological polar surface area (TPSA) is 55.4 Å². The SMILES string of the molecule is CC(C)[C@@H]1CC[C@@H](C)C[C@H]1C(=O)N[C@@H]1CCCCOC1=O. The summed E-state index contributed by atoms with van der Waals surface area (Å²) in [7, 11) is 0. The third kappa shape index (κ3) is 4.21. The van der Waals surface area contributed by atoms with Crippen LogP contribution in [0.4, 0.5) is 0 Å². The van der Waals surface area contributed by atoms with Crippen molar-refractivity contribution in [2.45, 2.75) is 65.3 Å². The number of carbonyl (C=O) groups excluding carboxylic acids is 2. The molecule has 0 bridgehead atoms. The molecule has 4 atom stereocenters. The van der Waals surface area contributed by atoms with Crippen LogP contribution in [-0.4, -0.2) is 24.5 Å². The molecule has 1 saturated heterocycles. The first-order chi connectivity index (χ1) is 9.99. The highest BCUT2D eigenvalue weighted by atomic mass is 16.5. The molecule has 1 heterocycles. The van der Waals surface area contributed by atoms with Crippen LogP contribution in [0.3, 0.4) is 0 Å². The number of cyclic esters (lactones) is 1. The van der Waals surface area contributed by atoms with E-state index in [9.17, 15) is 9.59 Å².